The number of furan rings is 1. The quantitative estimate of drug-likeness (QED) is 0.425. The Kier molecular flexibility index (Phi) is 10.1. The third kappa shape index (κ3) is 8.19. The van der Waals surface area contributed by atoms with Gasteiger partial charge >= 0.3 is 0 Å². The minimum Gasteiger partial charge on any atom is -0.467 e. The highest BCUT2D eigenvalue weighted by molar-refractivity contribution is 7.89. The Morgan fingerprint density at radius 2 is 1.85 bits per heavy atom. The summed E-state index contributed by atoms with van der Waals surface area (Å²) in [5, 5.41) is 0. The van der Waals surface area contributed by atoms with Gasteiger partial charge in [-0.25, -0.2) is 12.8 Å². The number of unbranched alkanes of at least 4 members (excludes halogenated alkanes) is 1. The molecule has 2 aromatic rings. The number of nitrogens with zero attached hydrogens (tertiary/aromatic N) is 3. The van der Waals surface area contributed by atoms with E-state index >= 15 is 0 Å². The van der Waals surface area contributed by atoms with Crippen molar-refractivity contribution in [2.45, 2.75) is 32.9 Å². The van der Waals surface area contributed by atoms with Crippen LogP contribution in [0.1, 0.15) is 31.1 Å². The zero-order valence-electron chi connectivity index (χ0n) is 19.7. The molecule has 2 heterocycles. The van der Waals surface area contributed by atoms with E-state index in [0.717, 1.165) is 25.1 Å². The second kappa shape index (κ2) is 13.0. The van der Waals surface area contributed by atoms with Crippen molar-refractivity contribution >= 4 is 15.9 Å². The first-order valence-electron chi connectivity index (χ1n) is 11.7. The molecule has 3 rings (SSSR count). The van der Waals surface area contributed by atoms with Crippen molar-refractivity contribution in [1.29, 1.82) is 0 Å². The van der Waals surface area contributed by atoms with Gasteiger partial charge in [-0.2, -0.15) is 4.31 Å². The average molecular weight is 496 g/mol. The Morgan fingerprint density at radius 1 is 1.12 bits per heavy atom. The van der Waals surface area contributed by atoms with Crippen molar-refractivity contribution in [3.8, 4) is 0 Å². The number of carbonyl (C=O) groups is 1. The monoisotopic (exact) mass is 495 g/mol. The molecule has 0 saturated carbocycles. The molecule has 34 heavy (non-hydrogen) atoms. The number of benzene rings is 1. The predicted octanol–water partition coefficient (Wildman–Crippen LogP) is 2.71. The van der Waals surface area contributed by atoms with E-state index in [4.69, 9.17) is 9.15 Å². The van der Waals surface area contributed by atoms with Gasteiger partial charge in [-0.3, -0.25) is 9.69 Å². The lowest BCUT2D eigenvalue weighted by atomic mass is 10.2. The number of hydrogen-bond acceptors (Lipinski definition) is 6. The zero-order valence-corrected chi connectivity index (χ0v) is 20.5. The maximum atomic E-state index is 13.4. The van der Waals surface area contributed by atoms with Gasteiger partial charge in [-0.15, -0.1) is 0 Å². The minimum atomic E-state index is -3.60. The van der Waals surface area contributed by atoms with Gasteiger partial charge in [0, 0.05) is 32.7 Å². The summed E-state index contributed by atoms with van der Waals surface area (Å²) < 4.78 is 51.6. The Labute approximate surface area is 201 Å². The van der Waals surface area contributed by atoms with Crippen molar-refractivity contribution in [3.05, 3.63) is 59.8 Å². The Bertz CT molecular complexity index is 977. The van der Waals surface area contributed by atoms with Crippen LogP contribution in [-0.4, -0.2) is 80.1 Å². The average Bonchev–Trinajstić information content (AvgIpc) is 3.35. The first-order chi connectivity index (χ1) is 16.4. The second-order valence-corrected chi connectivity index (χ2v) is 10.5. The lowest BCUT2D eigenvalue weighted by molar-refractivity contribution is -0.133. The van der Waals surface area contributed by atoms with Gasteiger partial charge in [0.2, 0.25) is 15.9 Å². The van der Waals surface area contributed by atoms with E-state index in [1.165, 1.54) is 22.7 Å². The SMILES string of the molecule is CCCCS(=O)(=O)N(CCN1CCOCC1)CC(=O)N(Cc1ccc(F)cc1)Cc1ccco1. The highest BCUT2D eigenvalue weighted by Crippen LogP contribution is 2.14. The number of halogens is 1. The largest absolute Gasteiger partial charge is 0.467 e. The molecule has 0 bridgehead atoms. The molecule has 10 heteroatoms. The summed E-state index contributed by atoms with van der Waals surface area (Å²) in [4.78, 5) is 17.1. The summed E-state index contributed by atoms with van der Waals surface area (Å²) >= 11 is 0. The van der Waals surface area contributed by atoms with Gasteiger partial charge in [-0.1, -0.05) is 25.5 Å². The van der Waals surface area contributed by atoms with Gasteiger partial charge in [0.05, 0.1) is 38.3 Å². The Morgan fingerprint density at radius 3 is 2.50 bits per heavy atom. The lowest BCUT2D eigenvalue weighted by Gasteiger charge is -2.31. The van der Waals surface area contributed by atoms with Crippen LogP contribution in [-0.2, 0) is 32.6 Å². The topological polar surface area (TPSA) is 83.3 Å². The van der Waals surface area contributed by atoms with Gasteiger partial charge in [-0.05, 0) is 36.2 Å². The maximum Gasteiger partial charge on any atom is 0.238 e. The van der Waals surface area contributed by atoms with Crippen LogP contribution < -0.4 is 0 Å². The van der Waals surface area contributed by atoms with Crippen LogP contribution in [0.3, 0.4) is 0 Å². The van der Waals surface area contributed by atoms with Crippen LogP contribution in [0.15, 0.2) is 47.1 Å². The van der Waals surface area contributed by atoms with Gasteiger partial charge < -0.3 is 14.1 Å². The molecule has 1 aliphatic heterocycles. The highest BCUT2D eigenvalue weighted by atomic mass is 32.2. The van der Waals surface area contributed by atoms with E-state index in [1.54, 1.807) is 29.2 Å². The van der Waals surface area contributed by atoms with Crippen molar-refractivity contribution in [1.82, 2.24) is 14.1 Å². The fourth-order valence-corrected chi connectivity index (χ4v) is 5.31. The smallest absolute Gasteiger partial charge is 0.238 e. The molecule has 0 radical (unpaired) electrons. The molecule has 0 spiro atoms. The van der Waals surface area contributed by atoms with Crippen LogP contribution in [0.25, 0.3) is 0 Å². The highest BCUT2D eigenvalue weighted by Gasteiger charge is 2.28. The summed E-state index contributed by atoms with van der Waals surface area (Å²) in [5.74, 6) is -0.0911. The molecular formula is C24H34FN3O5S. The van der Waals surface area contributed by atoms with Crippen LogP contribution in [0.4, 0.5) is 4.39 Å². The molecule has 0 unspecified atom stereocenters. The third-order valence-electron chi connectivity index (χ3n) is 5.80. The standard InChI is InChI=1S/C24H34FN3O5S/c1-2-3-17-34(30,31)28(11-10-26-12-15-32-16-13-26)20-24(29)27(19-23-5-4-14-33-23)18-21-6-8-22(25)9-7-21/h4-9,14H,2-3,10-13,15-20H2,1H3. The first-order valence-corrected chi connectivity index (χ1v) is 13.3. The Hall–Kier alpha value is -2.27. The number of morpholine rings is 1. The van der Waals surface area contributed by atoms with Crippen LogP contribution in [0.5, 0.6) is 0 Å². The molecule has 0 atom stereocenters. The summed E-state index contributed by atoms with van der Waals surface area (Å²) in [6, 6.07) is 9.42. The summed E-state index contributed by atoms with van der Waals surface area (Å²) in [6.07, 6.45) is 2.82. The van der Waals surface area contributed by atoms with Gasteiger partial charge in [0.25, 0.3) is 0 Å². The predicted molar refractivity (Wildman–Crippen MR) is 127 cm³/mol. The van der Waals surface area contributed by atoms with E-state index in [2.05, 4.69) is 4.90 Å². The normalized spacial score (nSPS) is 15.0. The van der Waals surface area contributed by atoms with Gasteiger partial charge in [0.15, 0.2) is 0 Å². The molecule has 8 nitrogen and oxygen atoms in total. The number of amides is 1. The lowest BCUT2D eigenvalue weighted by Crippen LogP contribution is -2.47. The van der Waals surface area contributed by atoms with Crippen molar-refractivity contribution in [3.63, 3.8) is 0 Å². The molecule has 1 saturated heterocycles. The van der Waals surface area contributed by atoms with Crippen molar-refractivity contribution in [2.24, 2.45) is 0 Å². The minimum absolute atomic E-state index is 0.00996. The molecule has 1 aliphatic rings. The zero-order chi connectivity index (χ0) is 24.4. The number of carbonyl (C=O) groups excluding carboxylic acids is 1. The molecule has 0 N–H and O–H groups in total. The van der Waals surface area contributed by atoms with E-state index < -0.39 is 10.0 Å². The summed E-state index contributed by atoms with van der Waals surface area (Å²) in [6.45, 7) is 5.59. The molecule has 0 aliphatic carbocycles. The third-order valence-corrected chi connectivity index (χ3v) is 7.70. The second-order valence-electron chi connectivity index (χ2n) is 8.41. The van der Waals surface area contributed by atoms with Crippen LogP contribution in [0.2, 0.25) is 0 Å². The first kappa shape index (κ1) is 26.3. The van der Waals surface area contributed by atoms with E-state index in [0.29, 0.717) is 31.9 Å². The van der Waals surface area contributed by atoms with Crippen LogP contribution in [0, 0.1) is 5.82 Å². The number of ether oxygens (including phenoxy) is 1. The fourth-order valence-electron chi connectivity index (χ4n) is 3.73. The van der Waals surface area contributed by atoms with Crippen LogP contribution >= 0.6 is 0 Å². The van der Waals surface area contributed by atoms with E-state index in [-0.39, 0.29) is 43.7 Å². The molecule has 1 amide bonds. The summed E-state index contributed by atoms with van der Waals surface area (Å²) in [7, 11) is -3.60. The van der Waals surface area contributed by atoms with Crippen molar-refractivity contribution < 1.29 is 26.8 Å². The fraction of sp³-hybridized carbons (Fsp3) is 0.542. The molecular weight excluding hydrogens is 461 g/mol. The van der Waals surface area contributed by atoms with E-state index in [1.807, 2.05) is 6.92 Å². The van der Waals surface area contributed by atoms with Gasteiger partial charge in [0.1, 0.15) is 11.6 Å². The summed E-state index contributed by atoms with van der Waals surface area (Å²) in [5.41, 5.74) is 0.745. The number of sulfonamides is 1. The Balaban J connectivity index is 1.74. The van der Waals surface area contributed by atoms with E-state index in [9.17, 15) is 17.6 Å². The molecule has 1 fully saturated rings. The molecule has 1 aromatic carbocycles. The maximum absolute atomic E-state index is 13.4. The van der Waals surface area contributed by atoms with Crippen molar-refractivity contribution in [2.75, 3.05) is 51.7 Å². The molecule has 188 valence electrons. The molecule has 1 aromatic heterocycles. The number of rotatable bonds is 13. The number of hydrogen-bond donors (Lipinski definition) is 0.